The van der Waals surface area contributed by atoms with E-state index < -0.39 is 17.4 Å². The number of hydrogen-bond donors (Lipinski definition) is 0. The van der Waals surface area contributed by atoms with Crippen molar-refractivity contribution in [2.45, 2.75) is 32.0 Å². The van der Waals surface area contributed by atoms with E-state index in [2.05, 4.69) is 10.2 Å². The Kier molecular flexibility index (Phi) is 4.25. The number of carbonyl (C=O) groups excluding carboxylic acids is 1. The maximum atomic E-state index is 15.5. The van der Waals surface area contributed by atoms with E-state index in [1.165, 1.54) is 30.1 Å². The van der Waals surface area contributed by atoms with E-state index in [0.29, 0.717) is 17.8 Å². The second-order valence-electron chi connectivity index (χ2n) is 7.39. The molecule has 1 aromatic heterocycles. The van der Waals surface area contributed by atoms with Crippen LogP contribution in [0.5, 0.6) is 0 Å². The highest BCUT2D eigenvalue weighted by Gasteiger charge is 2.57. The van der Waals surface area contributed by atoms with Gasteiger partial charge in [0.15, 0.2) is 0 Å². The Labute approximate surface area is 165 Å². The van der Waals surface area contributed by atoms with Crippen molar-refractivity contribution in [3.8, 4) is 0 Å². The van der Waals surface area contributed by atoms with Gasteiger partial charge in [0.25, 0.3) is 5.91 Å². The van der Waals surface area contributed by atoms with Gasteiger partial charge < -0.3 is 9.47 Å². The van der Waals surface area contributed by atoms with Gasteiger partial charge in [-0.25, -0.2) is 4.39 Å². The van der Waals surface area contributed by atoms with E-state index in [1.807, 2.05) is 13.0 Å². The van der Waals surface area contributed by atoms with Crippen molar-refractivity contribution in [2.75, 3.05) is 4.90 Å². The van der Waals surface area contributed by atoms with Gasteiger partial charge in [-0.1, -0.05) is 24.3 Å². The maximum absolute atomic E-state index is 15.5. The lowest BCUT2D eigenvalue weighted by atomic mass is 9.90. The monoisotopic (exact) mass is 400 g/mol. The number of benzene rings is 2. The standard InChI is InChI=1S/C21H19F3N4O/c1-13-6-4-9-16-17(13)11-28(18(16)29)15-8-5-7-14(10-15)20(2,22)21(23,24)19-26-25-12-27(19)3/h4-10,12H,11H2,1-3H3. The van der Waals surface area contributed by atoms with Gasteiger partial charge in [0.05, 0.1) is 6.54 Å². The van der Waals surface area contributed by atoms with E-state index >= 15 is 4.39 Å². The van der Waals surface area contributed by atoms with Crippen LogP contribution in [-0.4, -0.2) is 20.7 Å². The molecule has 0 saturated heterocycles. The highest BCUT2D eigenvalue weighted by Crippen LogP contribution is 2.48. The van der Waals surface area contributed by atoms with Crippen LogP contribution in [0, 0.1) is 6.92 Å². The summed E-state index contributed by atoms with van der Waals surface area (Å²) in [6.45, 7) is 3.03. The molecule has 5 nitrogen and oxygen atoms in total. The van der Waals surface area contributed by atoms with Crippen molar-refractivity contribution in [1.82, 2.24) is 14.8 Å². The molecule has 1 amide bonds. The molecular formula is C21H19F3N4O. The molecule has 3 aromatic rings. The topological polar surface area (TPSA) is 51.0 Å². The first kappa shape index (κ1) is 19.2. The van der Waals surface area contributed by atoms with Gasteiger partial charge in [0.1, 0.15) is 6.33 Å². The Morgan fingerprint density at radius 3 is 2.48 bits per heavy atom. The average Bonchev–Trinajstić information content (AvgIpc) is 3.27. The number of amides is 1. The smallest absolute Gasteiger partial charge is 0.316 e. The molecule has 29 heavy (non-hydrogen) atoms. The highest BCUT2D eigenvalue weighted by molar-refractivity contribution is 6.10. The first-order valence-corrected chi connectivity index (χ1v) is 9.06. The Bertz CT molecular complexity index is 1110. The zero-order chi connectivity index (χ0) is 21.0. The number of alkyl halides is 3. The van der Waals surface area contributed by atoms with Crippen molar-refractivity contribution >= 4 is 11.6 Å². The minimum absolute atomic E-state index is 0.235. The maximum Gasteiger partial charge on any atom is 0.343 e. The molecule has 1 unspecified atom stereocenters. The van der Waals surface area contributed by atoms with E-state index in [1.54, 1.807) is 18.2 Å². The van der Waals surface area contributed by atoms with E-state index in [0.717, 1.165) is 28.9 Å². The number of aryl methyl sites for hydroxylation is 2. The molecule has 0 N–H and O–H groups in total. The van der Waals surface area contributed by atoms with Gasteiger partial charge in [0, 0.05) is 18.3 Å². The van der Waals surface area contributed by atoms with Crippen LogP contribution < -0.4 is 4.90 Å². The molecule has 1 aliphatic rings. The summed E-state index contributed by atoms with van der Waals surface area (Å²) in [7, 11) is 1.33. The number of anilines is 1. The molecule has 0 bridgehead atoms. The average molecular weight is 400 g/mol. The number of fused-ring (bicyclic) bond motifs is 1. The number of rotatable bonds is 4. The molecule has 0 saturated carbocycles. The molecule has 0 aliphatic carbocycles. The van der Waals surface area contributed by atoms with Gasteiger partial charge in [-0.05, 0) is 48.7 Å². The van der Waals surface area contributed by atoms with E-state index in [9.17, 15) is 13.6 Å². The van der Waals surface area contributed by atoms with Crippen LogP contribution in [0.4, 0.5) is 18.9 Å². The summed E-state index contributed by atoms with van der Waals surface area (Å²) in [5, 5.41) is 6.82. The van der Waals surface area contributed by atoms with Gasteiger partial charge in [-0.15, -0.1) is 10.2 Å². The SMILES string of the molecule is Cc1cccc2c1CN(c1cccc(C(C)(F)C(F)(F)c3nncn3C)c1)C2=O. The Hall–Kier alpha value is -3.16. The summed E-state index contributed by atoms with van der Waals surface area (Å²) in [5.41, 5.74) is -0.518. The zero-order valence-corrected chi connectivity index (χ0v) is 16.2. The van der Waals surface area contributed by atoms with Crippen LogP contribution in [0.25, 0.3) is 0 Å². The highest BCUT2D eigenvalue weighted by atomic mass is 19.3. The lowest BCUT2D eigenvalue weighted by Crippen LogP contribution is -2.39. The van der Waals surface area contributed by atoms with Crippen molar-refractivity contribution in [3.63, 3.8) is 0 Å². The predicted octanol–water partition coefficient (Wildman–Crippen LogP) is 4.26. The number of halogens is 3. The van der Waals surface area contributed by atoms with Crippen LogP contribution in [0.15, 0.2) is 48.8 Å². The predicted molar refractivity (Wildman–Crippen MR) is 101 cm³/mol. The van der Waals surface area contributed by atoms with Gasteiger partial charge >= 0.3 is 5.92 Å². The lowest BCUT2D eigenvalue weighted by molar-refractivity contribution is -0.149. The van der Waals surface area contributed by atoms with E-state index in [-0.39, 0.29) is 11.5 Å². The molecule has 0 fully saturated rings. The first-order chi connectivity index (χ1) is 13.6. The van der Waals surface area contributed by atoms with Crippen molar-refractivity contribution in [3.05, 3.63) is 76.9 Å². The Morgan fingerprint density at radius 2 is 1.83 bits per heavy atom. The molecular weight excluding hydrogens is 381 g/mol. The summed E-state index contributed by atoms with van der Waals surface area (Å²) < 4.78 is 46.5. The van der Waals surface area contributed by atoms with Crippen molar-refractivity contribution in [2.24, 2.45) is 7.05 Å². The number of aromatic nitrogens is 3. The molecule has 4 rings (SSSR count). The lowest BCUT2D eigenvalue weighted by Gasteiger charge is -2.30. The molecule has 2 heterocycles. The summed E-state index contributed by atoms with van der Waals surface area (Å²) in [6, 6.07) is 11.1. The minimum atomic E-state index is -3.93. The molecule has 2 aromatic carbocycles. The fraction of sp³-hybridized carbons (Fsp3) is 0.286. The quantitative estimate of drug-likeness (QED) is 0.658. The number of hydrogen-bond acceptors (Lipinski definition) is 3. The fourth-order valence-corrected chi connectivity index (χ4v) is 3.62. The van der Waals surface area contributed by atoms with Crippen LogP contribution in [0.2, 0.25) is 0 Å². The second-order valence-corrected chi connectivity index (χ2v) is 7.39. The minimum Gasteiger partial charge on any atom is -0.316 e. The van der Waals surface area contributed by atoms with Crippen LogP contribution >= 0.6 is 0 Å². The van der Waals surface area contributed by atoms with Gasteiger partial charge in [-0.3, -0.25) is 4.79 Å². The van der Waals surface area contributed by atoms with Gasteiger partial charge in [0.2, 0.25) is 11.5 Å². The third kappa shape index (κ3) is 2.82. The number of carbonyl (C=O) groups is 1. The van der Waals surface area contributed by atoms with Crippen molar-refractivity contribution in [1.29, 1.82) is 0 Å². The van der Waals surface area contributed by atoms with E-state index in [4.69, 9.17) is 0 Å². The summed E-state index contributed by atoms with van der Waals surface area (Å²) in [5.74, 6) is -4.93. The third-order valence-corrected chi connectivity index (χ3v) is 5.48. The third-order valence-electron chi connectivity index (χ3n) is 5.48. The summed E-state index contributed by atoms with van der Waals surface area (Å²) in [6.07, 6.45) is 1.10. The molecule has 1 aliphatic heterocycles. The summed E-state index contributed by atoms with van der Waals surface area (Å²) >= 11 is 0. The first-order valence-electron chi connectivity index (χ1n) is 9.06. The summed E-state index contributed by atoms with van der Waals surface area (Å²) in [4.78, 5) is 14.3. The fourth-order valence-electron chi connectivity index (χ4n) is 3.62. The molecule has 8 heteroatoms. The zero-order valence-electron chi connectivity index (χ0n) is 16.2. The molecule has 0 radical (unpaired) electrons. The Morgan fingerprint density at radius 1 is 1.10 bits per heavy atom. The van der Waals surface area contributed by atoms with Crippen LogP contribution in [0.1, 0.15) is 39.8 Å². The second kappa shape index (κ2) is 6.43. The van der Waals surface area contributed by atoms with Crippen LogP contribution in [-0.2, 0) is 25.2 Å². The normalized spacial score (nSPS) is 16.1. The molecule has 1 atom stereocenters. The molecule has 150 valence electrons. The number of nitrogens with zero attached hydrogens (tertiary/aromatic N) is 4. The molecule has 0 spiro atoms. The van der Waals surface area contributed by atoms with Gasteiger partial charge in [-0.2, -0.15) is 8.78 Å². The van der Waals surface area contributed by atoms with Crippen molar-refractivity contribution < 1.29 is 18.0 Å². The van der Waals surface area contributed by atoms with Crippen LogP contribution in [0.3, 0.4) is 0 Å². The largest absolute Gasteiger partial charge is 0.343 e. The Balaban J connectivity index is 1.72.